The van der Waals surface area contributed by atoms with E-state index in [1.807, 2.05) is 6.92 Å². The second kappa shape index (κ2) is 6.84. The van der Waals surface area contributed by atoms with Gasteiger partial charge in [0, 0.05) is 17.7 Å². The maximum atomic E-state index is 10.3. The second-order valence-electron chi connectivity index (χ2n) is 3.89. The van der Waals surface area contributed by atoms with Crippen molar-refractivity contribution in [3.63, 3.8) is 0 Å². The van der Waals surface area contributed by atoms with Crippen LogP contribution in [0.25, 0.3) is 0 Å². The van der Waals surface area contributed by atoms with Crippen molar-refractivity contribution in [3.05, 3.63) is 28.8 Å². The molecular weight excluding hydrogens is 240 g/mol. The molecule has 0 radical (unpaired) electrons. The van der Waals surface area contributed by atoms with E-state index in [1.165, 1.54) is 0 Å². The molecule has 0 amide bonds. The van der Waals surface area contributed by atoms with E-state index < -0.39 is 6.10 Å². The SMILES string of the molecule is CCCC(OC)C(O)c1cc(Cl)ccc1OC. The molecule has 0 aliphatic rings. The number of hydrogen-bond donors (Lipinski definition) is 1. The Balaban J connectivity index is 2.99. The van der Waals surface area contributed by atoms with E-state index in [1.54, 1.807) is 32.4 Å². The number of aliphatic hydroxyl groups is 1. The second-order valence-corrected chi connectivity index (χ2v) is 4.33. The van der Waals surface area contributed by atoms with Crippen LogP contribution in [0.2, 0.25) is 5.02 Å². The smallest absolute Gasteiger partial charge is 0.124 e. The summed E-state index contributed by atoms with van der Waals surface area (Å²) in [5.41, 5.74) is 0.667. The zero-order valence-electron chi connectivity index (χ0n) is 10.4. The van der Waals surface area contributed by atoms with E-state index in [-0.39, 0.29) is 6.10 Å². The zero-order chi connectivity index (χ0) is 12.8. The number of aliphatic hydroxyl groups excluding tert-OH is 1. The van der Waals surface area contributed by atoms with Crippen molar-refractivity contribution >= 4 is 11.6 Å². The van der Waals surface area contributed by atoms with Gasteiger partial charge in [-0.15, -0.1) is 0 Å². The van der Waals surface area contributed by atoms with Crippen LogP contribution in [0.5, 0.6) is 5.75 Å². The summed E-state index contributed by atoms with van der Waals surface area (Å²) in [6, 6.07) is 5.20. The molecule has 1 rings (SSSR count). The minimum Gasteiger partial charge on any atom is -0.496 e. The molecule has 0 spiro atoms. The molecule has 0 aliphatic heterocycles. The Labute approximate surface area is 107 Å². The largest absolute Gasteiger partial charge is 0.496 e. The first kappa shape index (κ1) is 14.3. The Morgan fingerprint density at radius 3 is 2.59 bits per heavy atom. The van der Waals surface area contributed by atoms with Crippen molar-refractivity contribution in [1.29, 1.82) is 0 Å². The zero-order valence-corrected chi connectivity index (χ0v) is 11.2. The molecule has 96 valence electrons. The quantitative estimate of drug-likeness (QED) is 0.852. The molecule has 2 unspecified atom stereocenters. The van der Waals surface area contributed by atoms with E-state index in [4.69, 9.17) is 21.1 Å². The molecular formula is C13H19ClO3. The molecule has 0 saturated carbocycles. The molecule has 1 aromatic carbocycles. The van der Waals surface area contributed by atoms with Crippen LogP contribution < -0.4 is 4.74 Å². The maximum absolute atomic E-state index is 10.3. The van der Waals surface area contributed by atoms with Gasteiger partial charge in [-0.05, 0) is 24.6 Å². The molecule has 2 atom stereocenters. The van der Waals surface area contributed by atoms with Gasteiger partial charge in [-0.2, -0.15) is 0 Å². The highest BCUT2D eigenvalue weighted by Gasteiger charge is 2.23. The van der Waals surface area contributed by atoms with Crippen molar-refractivity contribution in [2.45, 2.75) is 32.0 Å². The van der Waals surface area contributed by atoms with Crippen LogP contribution in [0.4, 0.5) is 0 Å². The van der Waals surface area contributed by atoms with Crippen LogP contribution in [0.15, 0.2) is 18.2 Å². The predicted octanol–water partition coefficient (Wildman–Crippen LogP) is 3.20. The fourth-order valence-corrected chi connectivity index (χ4v) is 2.01. The Hall–Kier alpha value is -0.770. The van der Waals surface area contributed by atoms with E-state index in [0.717, 1.165) is 12.8 Å². The van der Waals surface area contributed by atoms with Gasteiger partial charge < -0.3 is 14.6 Å². The maximum Gasteiger partial charge on any atom is 0.124 e. The summed E-state index contributed by atoms with van der Waals surface area (Å²) in [5.74, 6) is 0.625. The Kier molecular flexibility index (Phi) is 5.75. The standard InChI is InChI=1S/C13H19ClO3/c1-4-5-12(17-3)13(15)10-8-9(14)6-7-11(10)16-2/h6-8,12-13,15H,4-5H2,1-3H3. The summed E-state index contributed by atoms with van der Waals surface area (Å²) < 4.78 is 10.5. The molecule has 0 aliphatic carbocycles. The molecule has 17 heavy (non-hydrogen) atoms. The topological polar surface area (TPSA) is 38.7 Å². The van der Waals surface area contributed by atoms with Gasteiger partial charge in [0.05, 0.1) is 13.2 Å². The molecule has 1 aromatic rings. The average molecular weight is 259 g/mol. The lowest BCUT2D eigenvalue weighted by Gasteiger charge is -2.23. The van der Waals surface area contributed by atoms with Gasteiger partial charge in [-0.25, -0.2) is 0 Å². The van der Waals surface area contributed by atoms with E-state index >= 15 is 0 Å². The number of hydrogen-bond acceptors (Lipinski definition) is 3. The summed E-state index contributed by atoms with van der Waals surface area (Å²) in [7, 11) is 3.17. The highest BCUT2D eigenvalue weighted by Crippen LogP contribution is 2.32. The summed E-state index contributed by atoms with van der Waals surface area (Å²) in [4.78, 5) is 0. The van der Waals surface area contributed by atoms with E-state index in [0.29, 0.717) is 16.3 Å². The fraction of sp³-hybridized carbons (Fsp3) is 0.538. The highest BCUT2D eigenvalue weighted by atomic mass is 35.5. The van der Waals surface area contributed by atoms with Crippen LogP contribution in [0.3, 0.4) is 0 Å². The van der Waals surface area contributed by atoms with Crippen LogP contribution in [-0.4, -0.2) is 25.4 Å². The Bertz CT molecular complexity index is 355. The van der Waals surface area contributed by atoms with Crippen molar-refractivity contribution < 1.29 is 14.6 Å². The first-order chi connectivity index (χ1) is 8.13. The van der Waals surface area contributed by atoms with Crippen molar-refractivity contribution in [1.82, 2.24) is 0 Å². The van der Waals surface area contributed by atoms with Crippen LogP contribution >= 0.6 is 11.6 Å². The van der Waals surface area contributed by atoms with Crippen molar-refractivity contribution in [3.8, 4) is 5.75 Å². The van der Waals surface area contributed by atoms with Crippen LogP contribution in [-0.2, 0) is 4.74 Å². The molecule has 0 fully saturated rings. The number of ether oxygens (including phenoxy) is 2. The van der Waals surface area contributed by atoms with Gasteiger partial charge in [0.1, 0.15) is 11.9 Å². The minimum atomic E-state index is -0.728. The average Bonchev–Trinajstić information content (AvgIpc) is 2.35. The van der Waals surface area contributed by atoms with E-state index in [9.17, 15) is 5.11 Å². The number of benzene rings is 1. The van der Waals surface area contributed by atoms with Gasteiger partial charge >= 0.3 is 0 Å². The lowest BCUT2D eigenvalue weighted by atomic mass is 10.00. The van der Waals surface area contributed by atoms with Crippen LogP contribution in [0, 0.1) is 0 Å². The summed E-state index contributed by atoms with van der Waals surface area (Å²) >= 11 is 5.94. The number of methoxy groups -OCH3 is 2. The first-order valence-corrected chi connectivity index (χ1v) is 6.06. The third-order valence-electron chi connectivity index (χ3n) is 2.74. The van der Waals surface area contributed by atoms with E-state index in [2.05, 4.69) is 0 Å². The van der Waals surface area contributed by atoms with Gasteiger partial charge in [-0.3, -0.25) is 0 Å². The predicted molar refractivity (Wildman–Crippen MR) is 68.7 cm³/mol. The number of halogens is 1. The Morgan fingerprint density at radius 2 is 2.06 bits per heavy atom. The van der Waals surface area contributed by atoms with Gasteiger partial charge in [0.15, 0.2) is 0 Å². The summed E-state index contributed by atoms with van der Waals surface area (Å²) in [5, 5.41) is 10.9. The summed E-state index contributed by atoms with van der Waals surface area (Å²) in [6.45, 7) is 2.05. The molecule has 3 nitrogen and oxygen atoms in total. The summed E-state index contributed by atoms with van der Waals surface area (Å²) in [6.07, 6.45) is 0.757. The molecule has 0 heterocycles. The molecule has 0 aromatic heterocycles. The van der Waals surface area contributed by atoms with Crippen molar-refractivity contribution in [2.75, 3.05) is 14.2 Å². The molecule has 4 heteroatoms. The minimum absolute atomic E-state index is 0.243. The van der Waals surface area contributed by atoms with Gasteiger partial charge in [0.25, 0.3) is 0 Å². The van der Waals surface area contributed by atoms with Crippen molar-refractivity contribution in [2.24, 2.45) is 0 Å². The van der Waals surface area contributed by atoms with Crippen LogP contribution in [0.1, 0.15) is 31.4 Å². The lowest BCUT2D eigenvalue weighted by Crippen LogP contribution is -2.21. The third kappa shape index (κ3) is 3.60. The third-order valence-corrected chi connectivity index (χ3v) is 2.97. The Morgan fingerprint density at radius 1 is 1.35 bits per heavy atom. The molecule has 0 saturated heterocycles. The number of rotatable bonds is 6. The molecule has 1 N–H and O–H groups in total. The van der Waals surface area contributed by atoms with Gasteiger partial charge in [0.2, 0.25) is 0 Å². The normalized spacial score (nSPS) is 14.4. The fourth-order valence-electron chi connectivity index (χ4n) is 1.83. The molecule has 0 bridgehead atoms. The first-order valence-electron chi connectivity index (χ1n) is 5.68. The van der Waals surface area contributed by atoms with Gasteiger partial charge in [-0.1, -0.05) is 24.9 Å². The monoisotopic (exact) mass is 258 g/mol. The lowest BCUT2D eigenvalue weighted by molar-refractivity contribution is -0.0189. The highest BCUT2D eigenvalue weighted by molar-refractivity contribution is 6.30.